The van der Waals surface area contributed by atoms with Gasteiger partial charge in [0.25, 0.3) is 5.91 Å². The maximum Gasteiger partial charge on any atom is 0.273 e. The standard InChI is InChI=1S/C13H16ClN3O2S/c1-9-11(14)12(17-16-9)13(18)15-5-3-7-20-8-10-4-2-6-19-10/h2,4,6H,3,5,7-8H2,1H3,(H,15,18)(H,16,17). The van der Waals surface area contributed by atoms with E-state index < -0.39 is 0 Å². The van der Waals surface area contributed by atoms with Crippen molar-refractivity contribution in [3.63, 3.8) is 0 Å². The Kier molecular flexibility index (Phi) is 5.55. The van der Waals surface area contributed by atoms with Gasteiger partial charge in [0.05, 0.1) is 22.7 Å². The summed E-state index contributed by atoms with van der Waals surface area (Å²) in [6, 6.07) is 3.84. The van der Waals surface area contributed by atoms with Gasteiger partial charge in [0.1, 0.15) is 5.76 Å². The molecule has 0 spiro atoms. The fourth-order valence-corrected chi connectivity index (χ4v) is 2.62. The van der Waals surface area contributed by atoms with E-state index in [1.54, 1.807) is 24.9 Å². The van der Waals surface area contributed by atoms with E-state index in [2.05, 4.69) is 15.5 Å². The van der Waals surface area contributed by atoms with Crippen LogP contribution in [0.1, 0.15) is 28.4 Å². The third-order valence-corrected chi connectivity index (χ3v) is 4.19. The first-order valence-electron chi connectivity index (χ1n) is 6.27. The Morgan fingerprint density at radius 3 is 3.10 bits per heavy atom. The molecule has 2 rings (SSSR count). The molecule has 2 N–H and O–H groups in total. The van der Waals surface area contributed by atoms with Crippen molar-refractivity contribution in [3.05, 3.63) is 40.6 Å². The quantitative estimate of drug-likeness (QED) is 0.771. The van der Waals surface area contributed by atoms with E-state index in [4.69, 9.17) is 16.0 Å². The summed E-state index contributed by atoms with van der Waals surface area (Å²) in [6.45, 7) is 2.38. The average Bonchev–Trinajstić information content (AvgIpc) is 3.05. The molecular weight excluding hydrogens is 298 g/mol. The molecule has 2 aromatic rings. The lowest BCUT2D eigenvalue weighted by Crippen LogP contribution is -2.25. The molecule has 0 aromatic carbocycles. The number of carbonyl (C=O) groups excluding carboxylic acids is 1. The van der Waals surface area contributed by atoms with Crippen molar-refractivity contribution in [2.24, 2.45) is 0 Å². The number of H-pyrrole nitrogens is 1. The zero-order valence-electron chi connectivity index (χ0n) is 11.1. The van der Waals surface area contributed by atoms with Crippen molar-refractivity contribution < 1.29 is 9.21 Å². The van der Waals surface area contributed by atoms with Crippen LogP contribution in [0.5, 0.6) is 0 Å². The van der Waals surface area contributed by atoms with Crippen LogP contribution in [0.25, 0.3) is 0 Å². The van der Waals surface area contributed by atoms with Crippen molar-refractivity contribution in [1.82, 2.24) is 15.5 Å². The molecule has 0 atom stereocenters. The van der Waals surface area contributed by atoms with Crippen LogP contribution in [0.15, 0.2) is 22.8 Å². The van der Waals surface area contributed by atoms with Crippen molar-refractivity contribution in [3.8, 4) is 0 Å². The summed E-state index contributed by atoms with van der Waals surface area (Å²) in [5.41, 5.74) is 0.957. The number of thioether (sulfide) groups is 1. The fraction of sp³-hybridized carbons (Fsp3) is 0.385. The van der Waals surface area contributed by atoms with Gasteiger partial charge in [0.2, 0.25) is 0 Å². The van der Waals surface area contributed by atoms with E-state index in [0.29, 0.717) is 17.3 Å². The van der Waals surface area contributed by atoms with Crippen LogP contribution < -0.4 is 5.32 Å². The molecule has 0 fully saturated rings. The molecular formula is C13H16ClN3O2S. The summed E-state index contributed by atoms with van der Waals surface area (Å²) in [7, 11) is 0. The molecule has 1 amide bonds. The normalized spacial score (nSPS) is 10.7. The lowest BCUT2D eigenvalue weighted by molar-refractivity contribution is 0.0949. The summed E-state index contributed by atoms with van der Waals surface area (Å²) in [4.78, 5) is 11.8. The van der Waals surface area contributed by atoms with Gasteiger partial charge in [-0.15, -0.1) is 0 Å². The number of nitrogens with zero attached hydrogens (tertiary/aromatic N) is 1. The highest BCUT2D eigenvalue weighted by Crippen LogP contribution is 2.17. The summed E-state index contributed by atoms with van der Waals surface area (Å²) in [5.74, 6) is 2.54. The van der Waals surface area contributed by atoms with E-state index in [1.165, 1.54) is 0 Å². The Morgan fingerprint density at radius 1 is 1.60 bits per heavy atom. The molecule has 0 saturated carbocycles. The molecule has 0 bridgehead atoms. The van der Waals surface area contributed by atoms with E-state index in [0.717, 1.165) is 23.7 Å². The first-order valence-corrected chi connectivity index (χ1v) is 7.80. The molecule has 2 heterocycles. The minimum absolute atomic E-state index is 0.240. The number of hydrogen-bond donors (Lipinski definition) is 2. The van der Waals surface area contributed by atoms with E-state index in [1.807, 2.05) is 12.1 Å². The summed E-state index contributed by atoms with van der Waals surface area (Å²) < 4.78 is 5.23. The number of rotatable bonds is 7. The van der Waals surface area contributed by atoms with Crippen molar-refractivity contribution in [2.75, 3.05) is 12.3 Å². The van der Waals surface area contributed by atoms with Gasteiger partial charge in [-0.1, -0.05) is 11.6 Å². The molecule has 0 aliphatic heterocycles. The van der Waals surface area contributed by atoms with E-state index in [-0.39, 0.29) is 11.6 Å². The van der Waals surface area contributed by atoms with Gasteiger partial charge in [-0.2, -0.15) is 16.9 Å². The molecule has 0 aliphatic carbocycles. The first kappa shape index (κ1) is 15.0. The monoisotopic (exact) mass is 313 g/mol. The molecule has 2 aromatic heterocycles. The molecule has 0 radical (unpaired) electrons. The van der Waals surface area contributed by atoms with Crippen molar-refractivity contribution >= 4 is 29.3 Å². The highest BCUT2D eigenvalue weighted by molar-refractivity contribution is 7.98. The summed E-state index contributed by atoms with van der Waals surface area (Å²) >= 11 is 7.73. The topological polar surface area (TPSA) is 70.9 Å². The van der Waals surface area contributed by atoms with Crippen LogP contribution in [-0.4, -0.2) is 28.4 Å². The zero-order chi connectivity index (χ0) is 14.4. The lowest BCUT2D eigenvalue weighted by Gasteiger charge is -2.03. The van der Waals surface area contributed by atoms with Gasteiger partial charge in [-0.05, 0) is 31.2 Å². The summed E-state index contributed by atoms with van der Waals surface area (Å²) in [5, 5.41) is 9.75. The lowest BCUT2D eigenvalue weighted by atomic mass is 10.3. The van der Waals surface area contributed by atoms with Gasteiger partial charge in [-0.3, -0.25) is 9.89 Å². The van der Waals surface area contributed by atoms with Gasteiger partial charge >= 0.3 is 0 Å². The smallest absolute Gasteiger partial charge is 0.273 e. The molecule has 7 heteroatoms. The Bertz CT molecular complexity index is 554. The van der Waals surface area contributed by atoms with Crippen molar-refractivity contribution in [2.45, 2.75) is 19.1 Å². The predicted molar refractivity (Wildman–Crippen MR) is 80.2 cm³/mol. The Hall–Kier alpha value is -1.40. The first-order chi connectivity index (χ1) is 9.68. The van der Waals surface area contributed by atoms with Crippen LogP contribution in [0.3, 0.4) is 0 Å². The number of hydrogen-bond acceptors (Lipinski definition) is 4. The van der Waals surface area contributed by atoms with Gasteiger partial charge in [-0.25, -0.2) is 0 Å². The maximum absolute atomic E-state index is 11.8. The zero-order valence-corrected chi connectivity index (χ0v) is 12.7. The van der Waals surface area contributed by atoms with Gasteiger partial charge < -0.3 is 9.73 Å². The number of amides is 1. The number of halogens is 1. The number of carbonyl (C=O) groups is 1. The predicted octanol–water partition coefficient (Wildman–Crippen LogP) is 3.02. The third kappa shape index (κ3) is 4.05. The van der Waals surface area contributed by atoms with Gasteiger partial charge in [0, 0.05) is 6.54 Å². The Labute approximate surface area is 126 Å². The minimum Gasteiger partial charge on any atom is -0.468 e. The second-order valence-corrected chi connectivity index (χ2v) is 5.74. The second kappa shape index (κ2) is 7.40. The molecule has 108 valence electrons. The second-order valence-electron chi connectivity index (χ2n) is 4.25. The summed E-state index contributed by atoms with van der Waals surface area (Å²) in [6.07, 6.45) is 2.56. The van der Waals surface area contributed by atoms with Crippen LogP contribution in [0.2, 0.25) is 5.02 Å². The highest BCUT2D eigenvalue weighted by atomic mass is 35.5. The number of aryl methyl sites for hydroxylation is 1. The van der Waals surface area contributed by atoms with Crippen molar-refractivity contribution in [1.29, 1.82) is 0 Å². The molecule has 0 aliphatic rings. The van der Waals surface area contributed by atoms with E-state index >= 15 is 0 Å². The number of nitrogens with one attached hydrogen (secondary N) is 2. The molecule has 0 saturated heterocycles. The largest absolute Gasteiger partial charge is 0.468 e. The number of furan rings is 1. The SMILES string of the molecule is Cc1[nH]nc(C(=O)NCCCSCc2ccco2)c1Cl. The minimum atomic E-state index is -0.240. The third-order valence-electron chi connectivity index (χ3n) is 2.66. The maximum atomic E-state index is 11.8. The van der Waals surface area contributed by atoms with E-state index in [9.17, 15) is 4.79 Å². The van der Waals surface area contributed by atoms with Crippen LogP contribution in [-0.2, 0) is 5.75 Å². The molecule has 0 unspecified atom stereocenters. The Balaban J connectivity index is 1.61. The van der Waals surface area contributed by atoms with Crippen LogP contribution in [0.4, 0.5) is 0 Å². The Morgan fingerprint density at radius 2 is 2.45 bits per heavy atom. The number of aromatic amines is 1. The van der Waals surface area contributed by atoms with Gasteiger partial charge in [0.15, 0.2) is 5.69 Å². The molecule has 5 nitrogen and oxygen atoms in total. The highest BCUT2D eigenvalue weighted by Gasteiger charge is 2.15. The molecule has 20 heavy (non-hydrogen) atoms. The van der Waals surface area contributed by atoms with Crippen LogP contribution >= 0.6 is 23.4 Å². The van der Waals surface area contributed by atoms with Crippen LogP contribution in [0, 0.1) is 6.92 Å². The fourth-order valence-electron chi connectivity index (χ4n) is 1.59. The average molecular weight is 314 g/mol. The number of aromatic nitrogens is 2.